The summed E-state index contributed by atoms with van der Waals surface area (Å²) in [7, 11) is 1.61. The molecule has 0 aliphatic carbocycles. The zero-order valence-corrected chi connectivity index (χ0v) is 12.9. The molecule has 4 rings (SSSR count). The quantitative estimate of drug-likeness (QED) is 0.602. The first-order chi connectivity index (χ1) is 11.2. The highest BCUT2D eigenvalue weighted by Gasteiger charge is 2.23. The first kappa shape index (κ1) is 13.9. The normalized spacial score (nSPS) is 12.8. The van der Waals surface area contributed by atoms with Crippen LogP contribution in [0, 0.1) is 6.92 Å². The van der Waals surface area contributed by atoms with Crippen LogP contribution in [0.5, 0.6) is 5.75 Å². The fourth-order valence-corrected chi connectivity index (χ4v) is 2.96. The predicted octanol–water partition coefficient (Wildman–Crippen LogP) is 4.58. The van der Waals surface area contributed by atoms with Crippen LogP contribution in [0.25, 0.3) is 21.9 Å². The molecule has 0 unspecified atom stereocenters. The van der Waals surface area contributed by atoms with E-state index in [2.05, 4.69) is 0 Å². The number of hydrogen-bond donors (Lipinski definition) is 1. The fraction of sp³-hybridized carbons (Fsp3) is 0.158. The molecule has 0 amide bonds. The molecule has 0 saturated carbocycles. The molecule has 116 valence electrons. The zero-order valence-electron chi connectivity index (χ0n) is 12.9. The molecule has 1 N–H and O–H groups in total. The Morgan fingerprint density at radius 1 is 1.00 bits per heavy atom. The lowest BCUT2D eigenvalue weighted by molar-refractivity contribution is 0.191. The van der Waals surface area contributed by atoms with Crippen molar-refractivity contribution < 1.29 is 18.7 Å². The van der Waals surface area contributed by atoms with Crippen LogP contribution in [0.3, 0.4) is 0 Å². The monoisotopic (exact) mass is 308 g/mol. The van der Waals surface area contributed by atoms with E-state index in [0.717, 1.165) is 22.1 Å². The van der Waals surface area contributed by atoms with E-state index in [1.807, 2.05) is 55.5 Å². The number of fused-ring (bicyclic) bond motifs is 2. The van der Waals surface area contributed by atoms with Crippen LogP contribution in [-0.2, 0) is 0 Å². The number of ether oxygens (including phenoxy) is 1. The Bertz CT molecular complexity index is 960. The summed E-state index contributed by atoms with van der Waals surface area (Å²) >= 11 is 0. The van der Waals surface area contributed by atoms with Gasteiger partial charge in [-0.25, -0.2) is 0 Å². The summed E-state index contributed by atoms with van der Waals surface area (Å²) in [5.41, 5.74) is 2.18. The maximum absolute atomic E-state index is 10.8. The van der Waals surface area contributed by atoms with Gasteiger partial charge in [0.15, 0.2) is 0 Å². The van der Waals surface area contributed by atoms with Gasteiger partial charge in [-0.1, -0.05) is 18.2 Å². The van der Waals surface area contributed by atoms with E-state index in [9.17, 15) is 5.11 Å². The number of furan rings is 2. The summed E-state index contributed by atoms with van der Waals surface area (Å²) in [6, 6.07) is 15.1. The number of aliphatic hydroxyl groups excluding tert-OH is 1. The largest absolute Gasteiger partial charge is 0.497 e. The lowest BCUT2D eigenvalue weighted by Gasteiger charge is -2.07. The van der Waals surface area contributed by atoms with Gasteiger partial charge >= 0.3 is 0 Å². The second kappa shape index (κ2) is 5.18. The van der Waals surface area contributed by atoms with Crippen LogP contribution in [0.4, 0.5) is 0 Å². The minimum atomic E-state index is -0.893. The molecule has 0 spiro atoms. The van der Waals surface area contributed by atoms with Crippen LogP contribution in [0.15, 0.2) is 57.4 Å². The molecule has 2 aromatic heterocycles. The van der Waals surface area contributed by atoms with Crippen molar-refractivity contribution in [3.63, 3.8) is 0 Å². The fourth-order valence-electron chi connectivity index (χ4n) is 2.96. The van der Waals surface area contributed by atoms with Crippen molar-refractivity contribution in [3.8, 4) is 5.75 Å². The number of methoxy groups -OCH3 is 1. The summed E-state index contributed by atoms with van der Waals surface area (Å²) in [6.45, 7) is 1.84. The van der Waals surface area contributed by atoms with Crippen LogP contribution >= 0.6 is 0 Å². The number of hydrogen-bond acceptors (Lipinski definition) is 4. The Morgan fingerprint density at radius 2 is 1.83 bits per heavy atom. The molecule has 2 aromatic carbocycles. The molecule has 0 aliphatic rings. The Labute approximate surface area is 132 Å². The maximum atomic E-state index is 10.8. The molecule has 0 fully saturated rings. The minimum Gasteiger partial charge on any atom is -0.497 e. The lowest BCUT2D eigenvalue weighted by atomic mass is 10.0. The molecule has 0 radical (unpaired) electrons. The van der Waals surface area contributed by atoms with Gasteiger partial charge in [-0.3, -0.25) is 0 Å². The van der Waals surface area contributed by atoms with E-state index in [0.29, 0.717) is 22.7 Å². The Morgan fingerprint density at radius 3 is 2.61 bits per heavy atom. The van der Waals surface area contributed by atoms with Crippen molar-refractivity contribution in [3.05, 3.63) is 65.6 Å². The highest BCUT2D eigenvalue weighted by atomic mass is 16.5. The number of para-hydroxylation sites is 1. The number of benzene rings is 2. The van der Waals surface area contributed by atoms with E-state index in [-0.39, 0.29) is 0 Å². The molecule has 2 heterocycles. The van der Waals surface area contributed by atoms with Gasteiger partial charge in [0.05, 0.1) is 7.11 Å². The lowest BCUT2D eigenvalue weighted by Crippen LogP contribution is -1.99. The standard InChI is InChI=1S/C19H16O4/c1-11-18(14-10-13(21-2)7-8-16(14)22-11)19(20)17-9-12-5-3-4-6-15(12)23-17/h3-10,19-20H,1-2H3/t19-/m0/s1. The number of rotatable bonds is 3. The topological polar surface area (TPSA) is 55.7 Å². The van der Waals surface area contributed by atoms with Crippen molar-refractivity contribution >= 4 is 21.9 Å². The Kier molecular flexibility index (Phi) is 3.13. The smallest absolute Gasteiger partial charge is 0.141 e. The SMILES string of the molecule is COc1ccc2oc(C)c([C@@H](O)c3cc4ccccc4o3)c2c1. The van der Waals surface area contributed by atoms with E-state index in [1.165, 1.54) is 0 Å². The molecule has 0 saturated heterocycles. The third-order valence-electron chi connectivity index (χ3n) is 4.11. The van der Waals surface area contributed by atoms with Gasteiger partial charge in [0.1, 0.15) is 34.5 Å². The number of aryl methyl sites for hydroxylation is 1. The molecule has 23 heavy (non-hydrogen) atoms. The molecule has 1 atom stereocenters. The third-order valence-corrected chi connectivity index (χ3v) is 4.11. The first-order valence-electron chi connectivity index (χ1n) is 7.41. The van der Waals surface area contributed by atoms with Gasteiger partial charge in [-0.2, -0.15) is 0 Å². The van der Waals surface area contributed by atoms with Gasteiger partial charge in [-0.15, -0.1) is 0 Å². The molecule has 4 heteroatoms. The van der Waals surface area contributed by atoms with E-state index in [4.69, 9.17) is 13.6 Å². The summed E-state index contributed by atoms with van der Waals surface area (Å²) in [5.74, 6) is 1.89. The molecule has 0 aliphatic heterocycles. The van der Waals surface area contributed by atoms with E-state index >= 15 is 0 Å². The summed E-state index contributed by atoms with van der Waals surface area (Å²) in [4.78, 5) is 0. The second-order valence-corrected chi connectivity index (χ2v) is 5.52. The Hall–Kier alpha value is -2.72. The van der Waals surface area contributed by atoms with Crippen molar-refractivity contribution in [2.24, 2.45) is 0 Å². The third kappa shape index (κ3) is 2.19. The van der Waals surface area contributed by atoms with Crippen LogP contribution in [0.1, 0.15) is 23.2 Å². The van der Waals surface area contributed by atoms with Crippen molar-refractivity contribution in [1.82, 2.24) is 0 Å². The Balaban J connectivity index is 1.88. The average molecular weight is 308 g/mol. The van der Waals surface area contributed by atoms with E-state index < -0.39 is 6.10 Å². The van der Waals surface area contributed by atoms with Crippen LogP contribution in [0.2, 0.25) is 0 Å². The minimum absolute atomic E-state index is 0.500. The molecule has 4 nitrogen and oxygen atoms in total. The van der Waals surface area contributed by atoms with Crippen LogP contribution < -0.4 is 4.74 Å². The van der Waals surface area contributed by atoms with Gasteiger partial charge in [0.2, 0.25) is 0 Å². The number of aliphatic hydroxyl groups is 1. The summed E-state index contributed by atoms with van der Waals surface area (Å²) < 4.78 is 16.8. The summed E-state index contributed by atoms with van der Waals surface area (Å²) in [6.07, 6.45) is -0.893. The second-order valence-electron chi connectivity index (χ2n) is 5.52. The van der Waals surface area contributed by atoms with E-state index in [1.54, 1.807) is 7.11 Å². The van der Waals surface area contributed by atoms with Gasteiger partial charge < -0.3 is 18.7 Å². The average Bonchev–Trinajstić information content (AvgIpc) is 3.13. The highest BCUT2D eigenvalue weighted by molar-refractivity contribution is 5.85. The predicted molar refractivity (Wildman–Crippen MR) is 87.8 cm³/mol. The van der Waals surface area contributed by atoms with Crippen molar-refractivity contribution in [1.29, 1.82) is 0 Å². The first-order valence-corrected chi connectivity index (χ1v) is 7.41. The molecule has 4 aromatic rings. The zero-order chi connectivity index (χ0) is 16.0. The van der Waals surface area contributed by atoms with Crippen molar-refractivity contribution in [2.75, 3.05) is 7.11 Å². The van der Waals surface area contributed by atoms with Gasteiger partial charge in [-0.05, 0) is 37.3 Å². The van der Waals surface area contributed by atoms with Crippen molar-refractivity contribution in [2.45, 2.75) is 13.0 Å². The maximum Gasteiger partial charge on any atom is 0.141 e. The highest BCUT2D eigenvalue weighted by Crippen LogP contribution is 2.37. The molecule has 0 bridgehead atoms. The van der Waals surface area contributed by atoms with Gasteiger partial charge in [0.25, 0.3) is 0 Å². The molecular formula is C19H16O4. The van der Waals surface area contributed by atoms with Gasteiger partial charge in [0, 0.05) is 16.3 Å². The molecular weight excluding hydrogens is 292 g/mol. The summed E-state index contributed by atoms with van der Waals surface area (Å²) in [5, 5.41) is 12.6. The van der Waals surface area contributed by atoms with Crippen LogP contribution in [-0.4, -0.2) is 12.2 Å².